The average Bonchev–Trinajstić information content (AvgIpc) is 3.25. The number of fused-ring (bicyclic) bond motifs is 4. The zero-order valence-corrected chi connectivity index (χ0v) is 13.6. The fourth-order valence-electron chi connectivity index (χ4n) is 5.51. The summed E-state index contributed by atoms with van der Waals surface area (Å²) in [5, 5.41) is 3.50. The number of likely N-dealkylation sites (tertiary alicyclic amines) is 1. The number of hydrogen-bond donors (Lipinski definition) is 1. The van der Waals surface area contributed by atoms with Gasteiger partial charge in [-0.15, -0.1) is 0 Å². The summed E-state index contributed by atoms with van der Waals surface area (Å²) in [4.78, 5) is 2.67. The molecule has 3 heteroatoms. The molecule has 5 rings (SSSR count). The minimum atomic E-state index is -0.0944. The van der Waals surface area contributed by atoms with Gasteiger partial charge in [0.1, 0.15) is 5.82 Å². The van der Waals surface area contributed by atoms with Gasteiger partial charge in [0.25, 0.3) is 0 Å². The van der Waals surface area contributed by atoms with E-state index in [2.05, 4.69) is 22.4 Å². The molecule has 2 fully saturated rings. The van der Waals surface area contributed by atoms with Crippen LogP contribution >= 0.6 is 0 Å². The molecule has 0 radical (unpaired) electrons. The molecular weight excluding hydrogens is 287 g/mol. The Morgan fingerprint density at radius 3 is 2.78 bits per heavy atom. The summed E-state index contributed by atoms with van der Waals surface area (Å²) in [5.41, 5.74) is 2.54. The second-order valence-electron chi connectivity index (χ2n) is 8.16. The van der Waals surface area contributed by atoms with E-state index >= 15 is 0 Å². The highest BCUT2D eigenvalue weighted by molar-refractivity contribution is 5.60. The van der Waals surface area contributed by atoms with Crippen molar-refractivity contribution in [2.75, 3.05) is 31.5 Å². The van der Waals surface area contributed by atoms with E-state index in [1.807, 2.05) is 6.07 Å². The Morgan fingerprint density at radius 2 is 2.04 bits per heavy atom. The predicted octanol–water partition coefficient (Wildman–Crippen LogP) is 3.80. The van der Waals surface area contributed by atoms with Crippen molar-refractivity contribution in [3.8, 4) is 0 Å². The smallest absolute Gasteiger partial charge is 0.123 e. The molecule has 1 aromatic rings. The Bertz CT molecular complexity index is 645. The molecule has 1 unspecified atom stereocenters. The van der Waals surface area contributed by atoms with Crippen LogP contribution in [0.3, 0.4) is 0 Å². The Labute approximate surface area is 137 Å². The highest BCUT2D eigenvalue weighted by atomic mass is 19.1. The number of nitrogens with zero attached hydrogens (tertiary/aromatic N) is 1. The number of benzene rings is 1. The van der Waals surface area contributed by atoms with Gasteiger partial charge in [0.2, 0.25) is 0 Å². The normalized spacial score (nSPS) is 34.0. The molecule has 2 bridgehead atoms. The molecule has 23 heavy (non-hydrogen) atoms. The summed E-state index contributed by atoms with van der Waals surface area (Å²) in [5.74, 6) is 2.50. The molecule has 2 nitrogen and oxygen atoms in total. The molecule has 1 aromatic carbocycles. The quantitative estimate of drug-likeness (QED) is 0.836. The van der Waals surface area contributed by atoms with Crippen molar-refractivity contribution in [3.63, 3.8) is 0 Å². The van der Waals surface area contributed by atoms with Crippen LogP contribution in [0.2, 0.25) is 0 Å². The minimum Gasteiger partial charge on any atom is -0.384 e. The standard InChI is InChI=1S/C20H25FN2/c21-17-3-4-19-18(11-17)20(13-22-19)5-7-23(8-6-20)12-16-10-14-1-2-15(16)9-14/h1-4,11,14-16,22H,5-10,12-13H2/t14-,15?,16+/m0/s1. The number of halogens is 1. The third-order valence-electron chi connectivity index (χ3n) is 6.89. The SMILES string of the molecule is Fc1ccc2c(c1)C1(CCN(C[C@H]3C[C@H]4C=CC3C4)CC1)CN2. The number of rotatable bonds is 2. The molecule has 1 N–H and O–H groups in total. The van der Waals surface area contributed by atoms with E-state index in [4.69, 9.17) is 0 Å². The fourth-order valence-corrected chi connectivity index (χ4v) is 5.51. The third kappa shape index (κ3) is 2.24. The summed E-state index contributed by atoms with van der Waals surface area (Å²) >= 11 is 0. The zero-order valence-electron chi connectivity index (χ0n) is 13.6. The largest absolute Gasteiger partial charge is 0.384 e. The summed E-state index contributed by atoms with van der Waals surface area (Å²) < 4.78 is 13.7. The first-order chi connectivity index (χ1) is 11.2. The van der Waals surface area contributed by atoms with Gasteiger partial charge in [-0.3, -0.25) is 0 Å². The van der Waals surface area contributed by atoms with Crippen LogP contribution in [0.5, 0.6) is 0 Å². The van der Waals surface area contributed by atoms with Crippen LogP contribution in [0.4, 0.5) is 10.1 Å². The summed E-state index contributed by atoms with van der Waals surface area (Å²) in [6, 6.07) is 5.25. The van der Waals surface area contributed by atoms with Crippen LogP contribution in [-0.2, 0) is 5.41 Å². The molecule has 0 aromatic heterocycles. The van der Waals surface area contributed by atoms with Crippen LogP contribution in [0.25, 0.3) is 0 Å². The number of piperidine rings is 1. The van der Waals surface area contributed by atoms with Crippen molar-refractivity contribution in [1.29, 1.82) is 0 Å². The van der Waals surface area contributed by atoms with Gasteiger partial charge in [-0.2, -0.15) is 0 Å². The van der Waals surface area contributed by atoms with E-state index in [0.717, 1.165) is 55.9 Å². The predicted molar refractivity (Wildman–Crippen MR) is 91.1 cm³/mol. The highest BCUT2D eigenvalue weighted by Crippen LogP contribution is 2.46. The fraction of sp³-hybridized carbons (Fsp3) is 0.600. The lowest BCUT2D eigenvalue weighted by Crippen LogP contribution is -2.45. The van der Waals surface area contributed by atoms with Crippen molar-refractivity contribution >= 4 is 5.69 Å². The van der Waals surface area contributed by atoms with Gasteiger partial charge in [0, 0.05) is 24.2 Å². The molecule has 3 atom stereocenters. The van der Waals surface area contributed by atoms with Gasteiger partial charge in [-0.1, -0.05) is 12.2 Å². The monoisotopic (exact) mass is 312 g/mol. The van der Waals surface area contributed by atoms with Crippen molar-refractivity contribution in [1.82, 2.24) is 4.90 Å². The summed E-state index contributed by atoms with van der Waals surface area (Å²) in [7, 11) is 0. The molecule has 0 amide bonds. The van der Waals surface area contributed by atoms with Crippen molar-refractivity contribution < 1.29 is 4.39 Å². The highest BCUT2D eigenvalue weighted by Gasteiger charge is 2.43. The van der Waals surface area contributed by atoms with E-state index in [-0.39, 0.29) is 11.2 Å². The Balaban J connectivity index is 1.27. The lowest BCUT2D eigenvalue weighted by molar-refractivity contribution is 0.140. The van der Waals surface area contributed by atoms with Gasteiger partial charge in [0.15, 0.2) is 0 Å². The Hall–Kier alpha value is -1.35. The molecule has 2 aliphatic heterocycles. The number of nitrogens with one attached hydrogen (secondary N) is 1. The number of hydrogen-bond acceptors (Lipinski definition) is 2. The third-order valence-corrected chi connectivity index (χ3v) is 6.89. The second-order valence-corrected chi connectivity index (χ2v) is 8.16. The lowest BCUT2D eigenvalue weighted by atomic mass is 9.74. The van der Waals surface area contributed by atoms with Crippen LogP contribution in [0.1, 0.15) is 31.2 Å². The van der Waals surface area contributed by atoms with Crippen LogP contribution in [0.15, 0.2) is 30.4 Å². The van der Waals surface area contributed by atoms with Crippen LogP contribution < -0.4 is 5.32 Å². The first kappa shape index (κ1) is 14.0. The van der Waals surface area contributed by atoms with Crippen molar-refractivity contribution in [2.45, 2.75) is 31.1 Å². The number of allylic oxidation sites excluding steroid dienone is 2. The van der Waals surface area contributed by atoms with Gasteiger partial charge in [-0.05, 0) is 80.3 Å². The topological polar surface area (TPSA) is 15.3 Å². The maximum Gasteiger partial charge on any atom is 0.123 e. The maximum atomic E-state index is 13.7. The molecule has 1 spiro atoms. The number of anilines is 1. The first-order valence-electron chi connectivity index (χ1n) is 9.16. The van der Waals surface area contributed by atoms with Crippen LogP contribution in [-0.4, -0.2) is 31.1 Å². The van der Waals surface area contributed by atoms with Crippen molar-refractivity contribution in [2.24, 2.45) is 17.8 Å². The minimum absolute atomic E-state index is 0.0944. The molecule has 4 aliphatic rings. The molecule has 2 heterocycles. The molecule has 122 valence electrons. The Kier molecular flexibility index (Phi) is 3.09. The maximum absolute atomic E-state index is 13.7. The van der Waals surface area contributed by atoms with E-state index in [1.54, 1.807) is 12.1 Å². The van der Waals surface area contributed by atoms with E-state index in [9.17, 15) is 4.39 Å². The van der Waals surface area contributed by atoms with Gasteiger partial charge < -0.3 is 10.2 Å². The van der Waals surface area contributed by atoms with E-state index < -0.39 is 0 Å². The molecule has 1 saturated carbocycles. The molecule has 2 aliphatic carbocycles. The van der Waals surface area contributed by atoms with E-state index in [1.165, 1.54) is 24.9 Å². The van der Waals surface area contributed by atoms with E-state index in [0.29, 0.717) is 0 Å². The lowest BCUT2D eigenvalue weighted by Gasteiger charge is -2.40. The summed E-state index contributed by atoms with van der Waals surface area (Å²) in [6.07, 6.45) is 10.0. The van der Waals surface area contributed by atoms with Gasteiger partial charge >= 0.3 is 0 Å². The average molecular weight is 312 g/mol. The van der Waals surface area contributed by atoms with Gasteiger partial charge in [0.05, 0.1) is 0 Å². The zero-order chi connectivity index (χ0) is 15.4. The molecular formula is C20H25FN2. The molecule has 1 saturated heterocycles. The first-order valence-corrected chi connectivity index (χ1v) is 9.16. The second kappa shape index (κ2) is 5.07. The Morgan fingerprint density at radius 1 is 1.17 bits per heavy atom. The van der Waals surface area contributed by atoms with Gasteiger partial charge in [-0.25, -0.2) is 4.39 Å². The van der Waals surface area contributed by atoms with Crippen molar-refractivity contribution in [3.05, 3.63) is 41.7 Å². The summed E-state index contributed by atoms with van der Waals surface area (Å²) in [6.45, 7) is 4.58. The van der Waals surface area contributed by atoms with Crippen LogP contribution in [0, 0.1) is 23.6 Å².